The molecule has 1 fully saturated rings. The third-order valence-electron chi connectivity index (χ3n) is 5.58. The van der Waals surface area contributed by atoms with Crippen LogP contribution in [0.2, 0.25) is 0 Å². The van der Waals surface area contributed by atoms with Crippen molar-refractivity contribution >= 4 is 0 Å². The summed E-state index contributed by atoms with van der Waals surface area (Å²) in [6.45, 7) is 6.20. The van der Waals surface area contributed by atoms with Crippen molar-refractivity contribution in [2.75, 3.05) is 0 Å². The maximum atomic E-state index is 14.6. The molecule has 27 heavy (non-hydrogen) atoms. The topological polar surface area (TPSA) is 9.23 Å². The van der Waals surface area contributed by atoms with Gasteiger partial charge < -0.3 is 4.74 Å². The van der Waals surface area contributed by atoms with Crippen LogP contribution in [0, 0.1) is 17.6 Å². The van der Waals surface area contributed by atoms with Crippen LogP contribution in [-0.2, 0) is 13.0 Å². The monoisotopic (exact) mass is 370 g/mol. The molecular formula is C24H28F2O. The molecule has 0 N–H and O–H groups in total. The number of benzene rings is 2. The van der Waals surface area contributed by atoms with Crippen molar-refractivity contribution in [2.24, 2.45) is 5.92 Å². The minimum Gasteiger partial charge on any atom is -0.486 e. The van der Waals surface area contributed by atoms with Crippen molar-refractivity contribution < 1.29 is 13.5 Å². The summed E-state index contributed by atoms with van der Waals surface area (Å²) >= 11 is 0. The summed E-state index contributed by atoms with van der Waals surface area (Å²) in [6.07, 6.45) is 7.83. The van der Waals surface area contributed by atoms with Crippen LogP contribution >= 0.6 is 0 Å². The summed E-state index contributed by atoms with van der Waals surface area (Å²) in [7, 11) is 0. The number of hydrogen-bond acceptors (Lipinski definition) is 1. The number of hydrogen-bond donors (Lipinski definition) is 0. The Bertz CT molecular complexity index is 759. The first kappa shape index (κ1) is 19.6. The molecule has 144 valence electrons. The van der Waals surface area contributed by atoms with Gasteiger partial charge in [-0.1, -0.05) is 49.8 Å². The molecule has 1 aliphatic carbocycles. The van der Waals surface area contributed by atoms with E-state index in [4.69, 9.17) is 4.74 Å². The van der Waals surface area contributed by atoms with Crippen LogP contribution in [0.3, 0.4) is 0 Å². The van der Waals surface area contributed by atoms with Gasteiger partial charge in [-0.25, -0.2) is 4.39 Å². The summed E-state index contributed by atoms with van der Waals surface area (Å²) in [5.74, 6) is -1.07. The minimum atomic E-state index is -0.874. The van der Waals surface area contributed by atoms with Crippen LogP contribution < -0.4 is 4.74 Å². The minimum absolute atomic E-state index is 0.0198. The molecule has 0 bridgehead atoms. The number of aryl methyl sites for hydroxylation is 1. The first-order valence-electron chi connectivity index (χ1n) is 9.93. The highest BCUT2D eigenvalue weighted by Crippen LogP contribution is 2.38. The van der Waals surface area contributed by atoms with Crippen molar-refractivity contribution in [1.29, 1.82) is 0 Å². The van der Waals surface area contributed by atoms with Crippen molar-refractivity contribution in [3.8, 4) is 5.75 Å². The van der Waals surface area contributed by atoms with E-state index in [1.807, 2.05) is 18.2 Å². The third kappa shape index (κ3) is 4.77. The fourth-order valence-corrected chi connectivity index (χ4v) is 3.89. The molecular weight excluding hydrogens is 342 g/mol. The van der Waals surface area contributed by atoms with E-state index < -0.39 is 11.6 Å². The van der Waals surface area contributed by atoms with Gasteiger partial charge in [-0.2, -0.15) is 4.39 Å². The quantitative estimate of drug-likeness (QED) is 0.479. The first-order valence-corrected chi connectivity index (χ1v) is 9.93. The molecule has 1 aliphatic rings. The Morgan fingerprint density at radius 3 is 2.26 bits per heavy atom. The first-order chi connectivity index (χ1) is 13.1. The van der Waals surface area contributed by atoms with Crippen molar-refractivity contribution in [3.05, 3.63) is 77.4 Å². The summed E-state index contributed by atoms with van der Waals surface area (Å²) in [6, 6.07) is 11.3. The molecule has 0 aromatic heterocycles. The van der Waals surface area contributed by atoms with Crippen LogP contribution in [0.4, 0.5) is 8.78 Å². The predicted molar refractivity (Wildman–Crippen MR) is 106 cm³/mol. The second-order valence-corrected chi connectivity index (χ2v) is 7.48. The Labute approximate surface area is 161 Å². The third-order valence-corrected chi connectivity index (χ3v) is 5.58. The molecule has 0 unspecified atom stereocenters. The van der Waals surface area contributed by atoms with E-state index in [2.05, 4.69) is 25.6 Å². The van der Waals surface area contributed by atoms with Crippen LogP contribution in [-0.4, -0.2) is 0 Å². The molecule has 2 aromatic carbocycles. The van der Waals surface area contributed by atoms with Crippen LogP contribution in [0.25, 0.3) is 0 Å². The molecule has 0 saturated heterocycles. The van der Waals surface area contributed by atoms with Gasteiger partial charge in [-0.05, 0) is 66.7 Å². The molecule has 0 amide bonds. The zero-order chi connectivity index (χ0) is 19.2. The molecule has 0 radical (unpaired) electrons. The van der Waals surface area contributed by atoms with Crippen molar-refractivity contribution in [2.45, 2.75) is 58.0 Å². The average molecular weight is 370 g/mol. The average Bonchev–Trinajstić information content (AvgIpc) is 2.71. The zero-order valence-electron chi connectivity index (χ0n) is 16.0. The molecule has 2 aromatic rings. The Kier molecular flexibility index (Phi) is 6.65. The fourth-order valence-electron chi connectivity index (χ4n) is 3.89. The Morgan fingerprint density at radius 1 is 0.963 bits per heavy atom. The normalized spacial score (nSPS) is 19.7. The van der Waals surface area contributed by atoms with Gasteiger partial charge in [-0.3, -0.25) is 0 Å². The predicted octanol–water partition coefficient (Wildman–Crippen LogP) is 6.96. The second kappa shape index (κ2) is 9.16. The van der Waals surface area contributed by atoms with E-state index in [1.54, 1.807) is 12.1 Å². The van der Waals surface area contributed by atoms with Crippen LogP contribution in [0.15, 0.2) is 49.1 Å². The SMILES string of the molecule is C=CC1CCC(c2ccc(OCc3ccc(CCC)cc3)c(F)c2F)CC1. The van der Waals surface area contributed by atoms with Gasteiger partial charge in [0.2, 0.25) is 5.82 Å². The fraction of sp³-hybridized carbons (Fsp3) is 0.417. The van der Waals surface area contributed by atoms with Gasteiger partial charge in [-0.15, -0.1) is 6.58 Å². The van der Waals surface area contributed by atoms with Crippen LogP contribution in [0.1, 0.15) is 61.6 Å². The highest BCUT2D eigenvalue weighted by atomic mass is 19.2. The molecule has 3 rings (SSSR count). The Balaban J connectivity index is 1.65. The maximum absolute atomic E-state index is 14.6. The molecule has 1 saturated carbocycles. The van der Waals surface area contributed by atoms with Crippen molar-refractivity contribution in [1.82, 2.24) is 0 Å². The van der Waals surface area contributed by atoms with Gasteiger partial charge in [0.05, 0.1) is 0 Å². The van der Waals surface area contributed by atoms with E-state index in [0.29, 0.717) is 11.5 Å². The standard InChI is InChI=1S/C24H28F2O/c1-3-5-18-6-8-19(9-7-18)16-27-22-15-14-21(23(25)24(22)26)20-12-10-17(4-2)11-13-20/h4,6-9,14-15,17,20H,2-3,5,10-13,16H2,1H3. The zero-order valence-corrected chi connectivity index (χ0v) is 16.0. The summed E-state index contributed by atoms with van der Waals surface area (Å²) in [5.41, 5.74) is 2.70. The largest absolute Gasteiger partial charge is 0.486 e. The van der Waals surface area contributed by atoms with E-state index >= 15 is 0 Å². The lowest BCUT2D eigenvalue weighted by Gasteiger charge is -2.27. The summed E-state index contributed by atoms with van der Waals surface area (Å²) in [5, 5.41) is 0. The van der Waals surface area contributed by atoms with E-state index in [9.17, 15) is 8.78 Å². The number of ether oxygens (including phenoxy) is 1. The van der Waals surface area contributed by atoms with Crippen molar-refractivity contribution in [3.63, 3.8) is 0 Å². The van der Waals surface area contributed by atoms with Gasteiger partial charge in [0.15, 0.2) is 11.6 Å². The second-order valence-electron chi connectivity index (χ2n) is 7.48. The van der Waals surface area contributed by atoms with Gasteiger partial charge in [0.25, 0.3) is 0 Å². The maximum Gasteiger partial charge on any atom is 0.200 e. The number of halogens is 2. The molecule has 0 spiro atoms. The molecule has 0 atom stereocenters. The van der Waals surface area contributed by atoms with E-state index in [0.717, 1.165) is 44.1 Å². The van der Waals surface area contributed by atoms with E-state index in [1.165, 1.54) is 5.56 Å². The smallest absolute Gasteiger partial charge is 0.200 e. The lowest BCUT2D eigenvalue weighted by molar-refractivity contribution is 0.282. The molecule has 1 nitrogen and oxygen atoms in total. The van der Waals surface area contributed by atoms with E-state index in [-0.39, 0.29) is 18.3 Å². The number of allylic oxidation sites excluding steroid dienone is 1. The highest BCUT2D eigenvalue weighted by molar-refractivity contribution is 5.34. The summed E-state index contributed by atoms with van der Waals surface area (Å²) < 4.78 is 34.7. The Hall–Kier alpha value is -2.16. The Morgan fingerprint density at radius 2 is 1.63 bits per heavy atom. The highest BCUT2D eigenvalue weighted by Gasteiger charge is 2.25. The molecule has 3 heteroatoms. The number of rotatable bonds is 7. The summed E-state index contributed by atoms with van der Waals surface area (Å²) in [4.78, 5) is 0. The van der Waals surface area contributed by atoms with Crippen LogP contribution in [0.5, 0.6) is 5.75 Å². The lowest BCUT2D eigenvalue weighted by atomic mass is 9.78. The molecule has 0 heterocycles. The van der Waals surface area contributed by atoms with Gasteiger partial charge in [0.1, 0.15) is 6.61 Å². The molecule has 0 aliphatic heterocycles. The van der Waals surface area contributed by atoms with Gasteiger partial charge >= 0.3 is 0 Å². The van der Waals surface area contributed by atoms with Gasteiger partial charge in [0, 0.05) is 0 Å². The lowest BCUT2D eigenvalue weighted by Crippen LogP contribution is -2.13.